The molecule has 3 rings (SSSR count). The molecule has 1 heterocycles. The molecule has 0 aromatic heterocycles. The Hall–Kier alpha value is -2.88. The van der Waals surface area contributed by atoms with Gasteiger partial charge in [-0.2, -0.15) is 0 Å². The molecule has 1 unspecified atom stereocenters. The van der Waals surface area contributed by atoms with Crippen molar-refractivity contribution in [2.75, 3.05) is 13.2 Å². The number of aromatic carboxylic acids is 1. The van der Waals surface area contributed by atoms with Crippen LogP contribution in [0.15, 0.2) is 42.5 Å². The van der Waals surface area contributed by atoms with Crippen LogP contribution < -0.4 is 15.3 Å². The number of carbonyl (C=O) groups is 2. The minimum Gasteiger partial charge on any atom is -0.534 e. The van der Waals surface area contributed by atoms with Crippen LogP contribution in [0.4, 0.5) is 0 Å². The quantitative estimate of drug-likeness (QED) is 0.326. The number of aliphatic hydroxyl groups excluding tert-OH is 1. The zero-order valence-electron chi connectivity index (χ0n) is 15.8. The highest BCUT2D eigenvalue weighted by Gasteiger charge is 2.37. The maximum atomic E-state index is 12.6. The first-order chi connectivity index (χ1) is 14.0. The first-order valence-corrected chi connectivity index (χ1v) is 9.41. The van der Waals surface area contributed by atoms with E-state index in [4.69, 9.17) is 9.76 Å². The number of fused-ring (bicyclic) bond motifs is 1. The lowest BCUT2D eigenvalue weighted by Gasteiger charge is -2.28. The van der Waals surface area contributed by atoms with E-state index in [9.17, 15) is 19.7 Å². The van der Waals surface area contributed by atoms with Crippen molar-refractivity contribution in [3.63, 3.8) is 0 Å². The number of rotatable bonds is 8. The van der Waals surface area contributed by atoms with Crippen molar-refractivity contribution in [2.24, 2.45) is 0 Å². The first kappa shape index (κ1) is 20.8. The van der Waals surface area contributed by atoms with Crippen molar-refractivity contribution in [3.05, 3.63) is 64.7 Å². The van der Waals surface area contributed by atoms with E-state index in [2.05, 4.69) is 10.6 Å². The highest BCUT2D eigenvalue weighted by Crippen LogP contribution is 2.30. The molecule has 2 aromatic rings. The number of carbonyl (C=O) groups excluding carboxylic acids is 1. The SMILES string of the molecule is O=C(NC1Cc2cccc(C(=O)O)c2OB1O)c1cccc(CNCCCO)c1. The third-order valence-electron chi connectivity index (χ3n) is 4.70. The Kier molecular flexibility index (Phi) is 6.87. The Labute approximate surface area is 168 Å². The number of hydrogen-bond acceptors (Lipinski definition) is 6. The topological polar surface area (TPSA) is 128 Å². The second-order valence-electron chi connectivity index (χ2n) is 6.85. The van der Waals surface area contributed by atoms with Gasteiger partial charge in [-0.3, -0.25) is 4.79 Å². The molecule has 29 heavy (non-hydrogen) atoms. The zero-order chi connectivity index (χ0) is 20.8. The van der Waals surface area contributed by atoms with Gasteiger partial charge in [0.1, 0.15) is 5.75 Å². The smallest absolute Gasteiger partial charge is 0.534 e. The molecule has 0 aliphatic carbocycles. The van der Waals surface area contributed by atoms with Crippen LogP contribution in [0, 0.1) is 0 Å². The summed E-state index contributed by atoms with van der Waals surface area (Å²) in [6.45, 7) is 1.37. The van der Waals surface area contributed by atoms with Gasteiger partial charge in [-0.25, -0.2) is 4.79 Å². The highest BCUT2D eigenvalue weighted by molar-refractivity contribution is 6.47. The fraction of sp³-hybridized carbons (Fsp3) is 0.300. The fourth-order valence-corrected chi connectivity index (χ4v) is 3.23. The maximum Gasteiger partial charge on any atom is 0.547 e. The average molecular weight is 398 g/mol. The predicted molar refractivity (Wildman–Crippen MR) is 107 cm³/mol. The van der Waals surface area contributed by atoms with E-state index >= 15 is 0 Å². The molecule has 1 aliphatic heterocycles. The van der Waals surface area contributed by atoms with E-state index in [0.717, 1.165) is 5.56 Å². The van der Waals surface area contributed by atoms with Gasteiger partial charge >= 0.3 is 13.1 Å². The summed E-state index contributed by atoms with van der Waals surface area (Å²) in [5, 5.41) is 34.3. The van der Waals surface area contributed by atoms with Crippen molar-refractivity contribution in [3.8, 4) is 5.75 Å². The molecule has 1 amide bonds. The van der Waals surface area contributed by atoms with Crippen LogP contribution in [0.25, 0.3) is 0 Å². The monoisotopic (exact) mass is 398 g/mol. The van der Waals surface area contributed by atoms with E-state index in [0.29, 0.717) is 30.6 Å². The molecule has 0 saturated heterocycles. The van der Waals surface area contributed by atoms with E-state index in [1.165, 1.54) is 6.07 Å². The first-order valence-electron chi connectivity index (χ1n) is 9.41. The highest BCUT2D eigenvalue weighted by atomic mass is 16.5. The fourth-order valence-electron chi connectivity index (χ4n) is 3.23. The molecule has 9 heteroatoms. The Bertz CT molecular complexity index is 891. The Morgan fingerprint density at radius 2 is 2.00 bits per heavy atom. The van der Waals surface area contributed by atoms with Crippen LogP contribution in [0.3, 0.4) is 0 Å². The van der Waals surface area contributed by atoms with Gasteiger partial charge in [0.15, 0.2) is 0 Å². The van der Waals surface area contributed by atoms with Crippen molar-refractivity contribution in [2.45, 2.75) is 25.3 Å². The second kappa shape index (κ2) is 9.55. The summed E-state index contributed by atoms with van der Waals surface area (Å²) in [5.74, 6) is -2.06. The van der Waals surface area contributed by atoms with Gasteiger partial charge in [0.05, 0.1) is 11.5 Å². The maximum absolute atomic E-state index is 12.6. The third kappa shape index (κ3) is 5.14. The summed E-state index contributed by atoms with van der Waals surface area (Å²) in [6.07, 6.45) is 0.913. The predicted octanol–water partition coefficient (Wildman–Crippen LogP) is 0.610. The van der Waals surface area contributed by atoms with Crippen molar-refractivity contribution < 1.29 is 29.5 Å². The molecule has 1 atom stereocenters. The number of benzene rings is 2. The summed E-state index contributed by atoms with van der Waals surface area (Å²) in [4.78, 5) is 24.0. The largest absolute Gasteiger partial charge is 0.547 e. The number of hydrogen-bond donors (Lipinski definition) is 5. The van der Waals surface area contributed by atoms with Crippen LogP contribution in [0.2, 0.25) is 0 Å². The lowest BCUT2D eigenvalue weighted by Crippen LogP contribution is -2.53. The van der Waals surface area contributed by atoms with E-state index in [-0.39, 0.29) is 30.2 Å². The standard InChI is InChI=1S/C20H23BN2O6/c24-9-3-8-22-12-13-4-1-6-15(10-13)19(25)23-17-11-14-5-2-7-16(20(26)27)18(14)29-21(17)28/h1-2,4-7,10,17,22,24,28H,3,8-9,11-12H2,(H,23,25)(H,26,27). The number of amides is 1. The van der Waals surface area contributed by atoms with Crippen molar-refractivity contribution >= 4 is 19.0 Å². The normalized spacial score (nSPS) is 15.4. The minimum absolute atomic E-state index is 0.0206. The molecule has 152 valence electrons. The molecule has 8 nitrogen and oxygen atoms in total. The van der Waals surface area contributed by atoms with Crippen LogP contribution in [0.1, 0.15) is 38.3 Å². The molecule has 0 saturated carbocycles. The van der Waals surface area contributed by atoms with Crippen LogP contribution in [-0.2, 0) is 13.0 Å². The Balaban J connectivity index is 1.67. The third-order valence-corrected chi connectivity index (χ3v) is 4.70. The molecule has 0 bridgehead atoms. The molecule has 1 aliphatic rings. The van der Waals surface area contributed by atoms with Gasteiger partial charge in [-0.05, 0) is 48.7 Å². The number of aliphatic hydroxyl groups is 1. The lowest BCUT2D eigenvalue weighted by molar-refractivity contribution is 0.0693. The van der Waals surface area contributed by atoms with Crippen molar-refractivity contribution in [1.82, 2.24) is 10.6 Å². The van der Waals surface area contributed by atoms with Crippen molar-refractivity contribution in [1.29, 1.82) is 0 Å². The van der Waals surface area contributed by atoms with E-state index in [1.54, 1.807) is 30.3 Å². The summed E-state index contributed by atoms with van der Waals surface area (Å²) >= 11 is 0. The molecular weight excluding hydrogens is 375 g/mol. The van der Waals surface area contributed by atoms with Gasteiger partial charge < -0.3 is 30.5 Å². The van der Waals surface area contributed by atoms with Crippen LogP contribution >= 0.6 is 0 Å². The summed E-state index contributed by atoms with van der Waals surface area (Å²) in [6, 6.07) is 11.8. The van der Waals surface area contributed by atoms with Gasteiger partial charge in [0.25, 0.3) is 5.91 Å². The minimum atomic E-state index is -1.35. The van der Waals surface area contributed by atoms with E-state index < -0.39 is 19.0 Å². The van der Waals surface area contributed by atoms with Gasteiger partial charge in [0, 0.05) is 18.7 Å². The second-order valence-corrected chi connectivity index (χ2v) is 6.85. The number of carboxylic acids is 1. The number of nitrogens with one attached hydrogen (secondary N) is 2. The van der Waals surface area contributed by atoms with Gasteiger partial charge in [-0.15, -0.1) is 0 Å². The Morgan fingerprint density at radius 3 is 2.76 bits per heavy atom. The summed E-state index contributed by atoms with van der Waals surface area (Å²) < 4.78 is 5.40. The number of para-hydroxylation sites is 1. The molecule has 2 aromatic carbocycles. The van der Waals surface area contributed by atoms with E-state index in [1.807, 2.05) is 6.07 Å². The summed E-state index contributed by atoms with van der Waals surface area (Å²) in [5.41, 5.74) is 1.96. The van der Waals surface area contributed by atoms with Gasteiger partial charge in [-0.1, -0.05) is 24.3 Å². The molecule has 0 radical (unpaired) electrons. The summed E-state index contributed by atoms with van der Waals surface area (Å²) in [7, 11) is -1.35. The molecule has 0 spiro atoms. The van der Waals surface area contributed by atoms with Crippen LogP contribution in [0.5, 0.6) is 5.75 Å². The molecule has 0 fully saturated rings. The number of carboxylic acid groups (broad SMARTS) is 1. The molecular formula is C20H23BN2O6. The van der Waals surface area contributed by atoms with Crippen LogP contribution in [-0.4, -0.2) is 53.3 Å². The zero-order valence-corrected chi connectivity index (χ0v) is 15.8. The average Bonchev–Trinajstić information content (AvgIpc) is 2.71. The Morgan fingerprint density at radius 1 is 1.21 bits per heavy atom. The lowest BCUT2D eigenvalue weighted by atomic mass is 9.72. The van der Waals surface area contributed by atoms with Gasteiger partial charge in [0.2, 0.25) is 0 Å². The molecule has 5 N–H and O–H groups in total.